The first-order valence-electron chi connectivity index (χ1n) is 6.81. The summed E-state index contributed by atoms with van der Waals surface area (Å²) >= 11 is 5.80. The third-order valence-corrected chi connectivity index (χ3v) is 4.32. The Labute approximate surface area is 143 Å². The molecule has 4 N–H and O–H groups in total. The molecule has 2 rings (SSSR count). The van der Waals surface area contributed by atoms with Crippen molar-refractivity contribution >= 4 is 33.3 Å². The third kappa shape index (κ3) is 4.92. The van der Waals surface area contributed by atoms with E-state index < -0.39 is 26.8 Å². The van der Waals surface area contributed by atoms with Crippen molar-refractivity contribution in [3.05, 3.63) is 58.9 Å². The highest BCUT2D eigenvalue weighted by Crippen LogP contribution is 2.19. The Balaban J connectivity index is 2.09. The predicted molar refractivity (Wildman–Crippen MR) is 89.8 cm³/mol. The lowest BCUT2D eigenvalue weighted by Gasteiger charge is -2.15. The zero-order valence-corrected chi connectivity index (χ0v) is 14.2. The largest absolute Gasteiger partial charge is 0.331 e. The van der Waals surface area contributed by atoms with Crippen molar-refractivity contribution in [3.63, 3.8) is 0 Å². The van der Waals surface area contributed by atoms with Crippen LogP contribution in [0.3, 0.4) is 0 Å². The van der Waals surface area contributed by atoms with Gasteiger partial charge in [0.05, 0.1) is 10.9 Å². The van der Waals surface area contributed by atoms with E-state index in [1.54, 1.807) is 31.2 Å². The average Bonchev–Trinajstić information content (AvgIpc) is 2.46. The summed E-state index contributed by atoms with van der Waals surface area (Å²) in [5, 5.41) is 10.6. The van der Waals surface area contributed by atoms with Gasteiger partial charge in [-0.3, -0.25) is 0 Å². The van der Waals surface area contributed by atoms with Crippen molar-refractivity contribution in [3.8, 4) is 0 Å². The van der Waals surface area contributed by atoms with Crippen LogP contribution >= 0.6 is 11.6 Å². The molecule has 24 heavy (non-hydrogen) atoms. The lowest BCUT2D eigenvalue weighted by molar-refractivity contribution is 0.249. The van der Waals surface area contributed by atoms with Crippen LogP contribution in [-0.2, 0) is 10.0 Å². The van der Waals surface area contributed by atoms with E-state index in [1.165, 1.54) is 0 Å². The third-order valence-electron chi connectivity index (χ3n) is 3.18. The fraction of sp³-hybridized carbons (Fsp3) is 0.133. The molecular weight excluding hydrogens is 357 g/mol. The highest BCUT2D eigenvalue weighted by atomic mass is 35.5. The van der Waals surface area contributed by atoms with Gasteiger partial charge < -0.3 is 10.6 Å². The first-order chi connectivity index (χ1) is 11.1. The average molecular weight is 372 g/mol. The van der Waals surface area contributed by atoms with Crippen LogP contribution in [0.4, 0.5) is 14.9 Å². The van der Waals surface area contributed by atoms with Crippen LogP contribution in [0.25, 0.3) is 0 Å². The molecule has 2 amide bonds. The first-order valence-corrected chi connectivity index (χ1v) is 8.74. The Morgan fingerprint density at radius 3 is 2.42 bits per heavy atom. The minimum Gasteiger partial charge on any atom is -0.331 e. The number of hydrogen-bond acceptors (Lipinski definition) is 3. The molecule has 0 aliphatic carbocycles. The number of nitrogens with one attached hydrogen (secondary N) is 2. The molecule has 2 aromatic carbocycles. The molecule has 0 saturated heterocycles. The zero-order chi connectivity index (χ0) is 17.9. The lowest BCUT2D eigenvalue weighted by atomic mass is 10.1. The van der Waals surface area contributed by atoms with Crippen LogP contribution < -0.4 is 15.8 Å². The molecule has 6 nitrogen and oxygen atoms in total. The number of sulfonamides is 1. The molecule has 0 heterocycles. The lowest BCUT2D eigenvalue weighted by Crippen LogP contribution is -2.31. The quantitative estimate of drug-likeness (QED) is 0.769. The van der Waals surface area contributed by atoms with E-state index in [1.807, 2.05) is 0 Å². The second kappa shape index (κ2) is 7.16. The van der Waals surface area contributed by atoms with E-state index in [9.17, 15) is 17.6 Å². The van der Waals surface area contributed by atoms with Gasteiger partial charge in [0.2, 0.25) is 10.0 Å². The van der Waals surface area contributed by atoms with E-state index in [2.05, 4.69) is 10.6 Å². The predicted octanol–water partition coefficient (Wildman–Crippen LogP) is 3.01. The van der Waals surface area contributed by atoms with E-state index in [0.717, 1.165) is 23.8 Å². The summed E-state index contributed by atoms with van der Waals surface area (Å²) < 4.78 is 36.0. The number of carbonyl (C=O) groups excluding carboxylic acids is 1. The molecule has 0 aromatic heterocycles. The van der Waals surface area contributed by atoms with Crippen molar-refractivity contribution < 1.29 is 17.6 Å². The van der Waals surface area contributed by atoms with Gasteiger partial charge in [0.25, 0.3) is 0 Å². The van der Waals surface area contributed by atoms with Crippen molar-refractivity contribution in [1.29, 1.82) is 0 Å². The van der Waals surface area contributed by atoms with Crippen LogP contribution in [0.15, 0.2) is 47.4 Å². The van der Waals surface area contributed by atoms with Gasteiger partial charge in [0.15, 0.2) is 0 Å². The molecule has 0 aliphatic heterocycles. The molecule has 0 saturated carbocycles. The summed E-state index contributed by atoms with van der Waals surface area (Å²) in [6, 6.07) is 8.77. The summed E-state index contributed by atoms with van der Waals surface area (Å²) in [6.45, 7) is 1.75. The van der Waals surface area contributed by atoms with Crippen LogP contribution in [0.2, 0.25) is 5.02 Å². The highest BCUT2D eigenvalue weighted by Gasteiger charge is 2.14. The number of urea groups is 1. The Kier molecular flexibility index (Phi) is 5.43. The van der Waals surface area contributed by atoms with Gasteiger partial charge in [0.1, 0.15) is 5.82 Å². The number of benzene rings is 2. The van der Waals surface area contributed by atoms with Crippen molar-refractivity contribution in [1.82, 2.24) is 5.32 Å². The smallest absolute Gasteiger partial charge is 0.319 e. The second-order valence-corrected chi connectivity index (χ2v) is 7.09. The zero-order valence-electron chi connectivity index (χ0n) is 12.6. The fourth-order valence-corrected chi connectivity index (χ4v) is 2.69. The molecule has 0 spiro atoms. The minimum atomic E-state index is -4.08. The Bertz CT molecular complexity index is 857. The van der Waals surface area contributed by atoms with Crippen molar-refractivity contribution in [2.45, 2.75) is 17.9 Å². The number of amides is 2. The molecule has 0 aliphatic rings. The Morgan fingerprint density at radius 2 is 1.83 bits per heavy atom. The molecule has 1 atom stereocenters. The van der Waals surface area contributed by atoms with Crippen LogP contribution in [0.1, 0.15) is 18.5 Å². The first kappa shape index (κ1) is 18.2. The summed E-state index contributed by atoms with van der Waals surface area (Å²) in [7, 11) is -4.08. The van der Waals surface area contributed by atoms with Gasteiger partial charge in [-0.1, -0.05) is 23.7 Å². The molecular formula is C15H15ClFN3O3S. The number of halogens is 2. The van der Waals surface area contributed by atoms with Gasteiger partial charge in [-0.15, -0.1) is 0 Å². The van der Waals surface area contributed by atoms with Crippen LogP contribution in [-0.4, -0.2) is 14.4 Å². The topological polar surface area (TPSA) is 101 Å². The van der Waals surface area contributed by atoms with Crippen molar-refractivity contribution in [2.75, 3.05) is 5.32 Å². The van der Waals surface area contributed by atoms with Crippen LogP contribution in [0.5, 0.6) is 0 Å². The minimum absolute atomic E-state index is 0.0279. The van der Waals surface area contributed by atoms with Gasteiger partial charge in [-0.2, -0.15) is 0 Å². The van der Waals surface area contributed by atoms with Gasteiger partial charge >= 0.3 is 6.03 Å². The molecule has 0 bridgehead atoms. The van der Waals surface area contributed by atoms with Crippen LogP contribution in [0, 0.1) is 5.82 Å². The SMILES string of the molecule is CC(NC(=O)Nc1cc(F)cc(S(N)(=O)=O)c1)c1ccc(Cl)cc1. The van der Waals surface area contributed by atoms with E-state index in [-0.39, 0.29) is 11.7 Å². The van der Waals surface area contributed by atoms with Gasteiger partial charge in [0, 0.05) is 10.7 Å². The molecule has 128 valence electrons. The number of rotatable bonds is 4. The van der Waals surface area contributed by atoms with Crippen molar-refractivity contribution in [2.24, 2.45) is 5.14 Å². The summed E-state index contributed by atoms with van der Waals surface area (Å²) in [5.41, 5.74) is 0.791. The summed E-state index contributed by atoms with van der Waals surface area (Å²) in [4.78, 5) is 11.6. The maximum atomic E-state index is 13.5. The molecule has 0 radical (unpaired) electrons. The number of anilines is 1. The van der Waals surface area contributed by atoms with Gasteiger partial charge in [-0.25, -0.2) is 22.7 Å². The summed E-state index contributed by atoms with van der Waals surface area (Å²) in [5.74, 6) is -0.831. The maximum Gasteiger partial charge on any atom is 0.319 e. The monoisotopic (exact) mass is 371 g/mol. The molecule has 0 fully saturated rings. The molecule has 9 heteroatoms. The molecule has 1 unspecified atom stereocenters. The summed E-state index contributed by atoms with van der Waals surface area (Å²) in [6.07, 6.45) is 0. The number of nitrogens with two attached hydrogens (primary N) is 1. The highest BCUT2D eigenvalue weighted by molar-refractivity contribution is 7.89. The van der Waals surface area contributed by atoms with Gasteiger partial charge in [-0.05, 0) is 42.8 Å². The Hall–Kier alpha value is -2.16. The standard InChI is InChI=1S/C15H15ClFN3O3S/c1-9(10-2-4-11(16)5-3-10)19-15(21)20-13-6-12(17)7-14(8-13)24(18,22)23/h2-9H,1H3,(H2,18,22,23)(H2,19,20,21). The fourth-order valence-electron chi connectivity index (χ4n) is 2.00. The number of hydrogen-bond donors (Lipinski definition) is 3. The van der Waals surface area contributed by atoms with E-state index in [0.29, 0.717) is 5.02 Å². The van der Waals surface area contributed by atoms with E-state index >= 15 is 0 Å². The normalized spacial score (nSPS) is 12.5. The maximum absolute atomic E-state index is 13.5. The number of carbonyl (C=O) groups is 1. The molecule has 2 aromatic rings. The number of primary sulfonamides is 1. The Morgan fingerprint density at radius 1 is 1.21 bits per heavy atom. The second-order valence-electron chi connectivity index (χ2n) is 5.09. The van der Waals surface area contributed by atoms with E-state index in [4.69, 9.17) is 16.7 Å².